The van der Waals surface area contributed by atoms with E-state index >= 15 is 4.39 Å². The molecule has 2 aliphatic rings. The first-order chi connectivity index (χ1) is 14.5. The molecule has 30 heavy (non-hydrogen) atoms. The number of carbonyl (C=O) groups is 1. The number of piperazine rings is 1. The molecule has 1 N–H and O–H groups in total. The van der Waals surface area contributed by atoms with Gasteiger partial charge in [0.2, 0.25) is 11.3 Å². The van der Waals surface area contributed by atoms with Crippen LogP contribution in [0.2, 0.25) is 0 Å². The van der Waals surface area contributed by atoms with Crippen LogP contribution in [0.3, 0.4) is 0 Å². The van der Waals surface area contributed by atoms with Gasteiger partial charge in [-0.2, -0.15) is 0 Å². The summed E-state index contributed by atoms with van der Waals surface area (Å²) in [7, 11) is 2.02. The summed E-state index contributed by atoms with van der Waals surface area (Å²) >= 11 is 0. The molecular weight excluding hydrogens is 389 g/mol. The van der Waals surface area contributed by atoms with Gasteiger partial charge in [-0.1, -0.05) is 18.2 Å². The molecule has 1 fully saturated rings. The minimum Gasteiger partial charge on any atom is -0.477 e. The molecule has 8 heteroatoms. The van der Waals surface area contributed by atoms with Crippen molar-refractivity contribution in [3.63, 3.8) is 0 Å². The monoisotopic (exact) mass is 409 g/mol. The van der Waals surface area contributed by atoms with Crippen LogP contribution in [0, 0.1) is 5.82 Å². The van der Waals surface area contributed by atoms with Gasteiger partial charge in [-0.15, -0.1) is 0 Å². The number of benzene rings is 2. The molecule has 0 saturated carbocycles. The van der Waals surface area contributed by atoms with Gasteiger partial charge < -0.3 is 19.6 Å². The normalized spacial score (nSPS) is 16.1. The zero-order chi connectivity index (χ0) is 21.0. The Labute approximate surface area is 171 Å². The Hall–Kier alpha value is -3.39. The van der Waals surface area contributed by atoms with Crippen LogP contribution < -0.4 is 15.1 Å². The zero-order valence-electron chi connectivity index (χ0n) is 16.4. The summed E-state index contributed by atoms with van der Waals surface area (Å²) in [6, 6.07) is 10.2. The Morgan fingerprint density at radius 2 is 1.83 bits per heavy atom. The predicted molar refractivity (Wildman–Crippen MR) is 111 cm³/mol. The van der Waals surface area contributed by atoms with Gasteiger partial charge in [-0.3, -0.25) is 9.36 Å². The fourth-order valence-electron chi connectivity index (χ4n) is 4.22. The summed E-state index contributed by atoms with van der Waals surface area (Å²) in [5, 5.41) is 9.70. The van der Waals surface area contributed by atoms with Gasteiger partial charge in [0, 0.05) is 31.7 Å². The van der Waals surface area contributed by atoms with E-state index in [0.29, 0.717) is 24.3 Å². The van der Waals surface area contributed by atoms with Gasteiger partial charge in [0.1, 0.15) is 12.4 Å². The quantitative estimate of drug-likeness (QED) is 0.701. The molecule has 0 radical (unpaired) electrons. The maximum absolute atomic E-state index is 15.1. The lowest BCUT2D eigenvalue weighted by Gasteiger charge is -2.34. The van der Waals surface area contributed by atoms with Crippen molar-refractivity contribution >= 4 is 22.6 Å². The number of rotatable bonds is 2. The van der Waals surface area contributed by atoms with E-state index in [-0.39, 0.29) is 17.9 Å². The average Bonchev–Trinajstić information content (AvgIpc) is 2.74. The second-order valence-electron chi connectivity index (χ2n) is 7.68. The molecule has 0 atom stereocenters. The highest BCUT2D eigenvalue weighted by molar-refractivity contribution is 5.97. The van der Waals surface area contributed by atoms with E-state index in [2.05, 4.69) is 4.90 Å². The van der Waals surface area contributed by atoms with Crippen molar-refractivity contribution in [2.24, 2.45) is 0 Å². The number of anilines is 1. The number of halogens is 1. The first-order valence-corrected chi connectivity index (χ1v) is 9.76. The summed E-state index contributed by atoms with van der Waals surface area (Å²) in [5.74, 6) is -1.95. The predicted octanol–water partition coefficient (Wildman–Crippen LogP) is 2.47. The molecule has 1 saturated heterocycles. The number of hydrogen-bond acceptors (Lipinski definition) is 5. The number of para-hydroxylation sites is 1. The molecule has 0 unspecified atom stereocenters. The van der Waals surface area contributed by atoms with Crippen LogP contribution in [-0.4, -0.2) is 53.8 Å². The molecule has 0 amide bonds. The third-order valence-electron chi connectivity index (χ3n) is 5.85. The average molecular weight is 409 g/mol. The van der Waals surface area contributed by atoms with Gasteiger partial charge in [0.25, 0.3) is 0 Å². The van der Waals surface area contributed by atoms with Crippen molar-refractivity contribution in [3.8, 4) is 11.6 Å². The van der Waals surface area contributed by atoms with E-state index in [1.165, 1.54) is 0 Å². The van der Waals surface area contributed by atoms with Gasteiger partial charge in [0.05, 0.1) is 22.3 Å². The fourth-order valence-corrected chi connectivity index (χ4v) is 4.22. The van der Waals surface area contributed by atoms with Crippen molar-refractivity contribution < 1.29 is 19.0 Å². The van der Waals surface area contributed by atoms with Crippen LogP contribution in [0.25, 0.3) is 16.6 Å². The van der Waals surface area contributed by atoms with E-state index < -0.39 is 22.8 Å². The summed E-state index contributed by atoms with van der Waals surface area (Å²) in [6.07, 6.45) is 0. The molecule has 0 bridgehead atoms. The van der Waals surface area contributed by atoms with Crippen LogP contribution >= 0.6 is 0 Å². The Kier molecular flexibility index (Phi) is 4.25. The highest BCUT2D eigenvalue weighted by Crippen LogP contribution is 2.36. The van der Waals surface area contributed by atoms with Crippen LogP contribution in [0.15, 0.2) is 41.2 Å². The van der Waals surface area contributed by atoms with E-state index in [0.717, 1.165) is 30.4 Å². The molecule has 3 heterocycles. The number of fused-ring (bicyclic) bond motifs is 5. The number of carboxylic acids is 1. The highest BCUT2D eigenvalue weighted by atomic mass is 19.1. The lowest BCUT2D eigenvalue weighted by molar-refractivity contribution is 0.0688. The number of aromatic nitrogens is 1. The van der Waals surface area contributed by atoms with Crippen LogP contribution in [0.5, 0.6) is 5.88 Å². The van der Waals surface area contributed by atoms with Crippen molar-refractivity contribution in [2.45, 2.75) is 6.61 Å². The standard InChI is InChI=1S/C22H20FN3O4/c1-24-6-8-25(9-7-24)18-11-17-14(10-15(18)23)20(27)19(22(28)29)21-26(17)16-5-3-2-4-13(16)12-30-21/h2-5,10-11H,6-9,12H2,1H3,(H,28,29). The molecular formula is C22H20FN3O4. The summed E-state index contributed by atoms with van der Waals surface area (Å²) in [5.41, 5.74) is 1.19. The minimum atomic E-state index is -1.39. The second kappa shape index (κ2) is 6.84. The van der Waals surface area contributed by atoms with Crippen LogP contribution in [0.1, 0.15) is 15.9 Å². The molecule has 2 aromatic carbocycles. The number of pyridine rings is 1. The SMILES string of the molecule is CN1CCN(c2cc3c(cc2F)c(=O)c(C(=O)O)c2n3-c3ccccc3CO2)CC1. The molecule has 0 spiro atoms. The Morgan fingerprint density at radius 1 is 1.10 bits per heavy atom. The number of ether oxygens (including phenoxy) is 1. The Bertz CT molecular complexity index is 1250. The van der Waals surface area contributed by atoms with Crippen molar-refractivity contribution in [3.05, 3.63) is 63.6 Å². The topological polar surface area (TPSA) is 75.0 Å². The Balaban J connectivity index is 1.83. The molecule has 7 nitrogen and oxygen atoms in total. The minimum absolute atomic E-state index is 0.0189. The number of aromatic carboxylic acids is 1. The third-order valence-corrected chi connectivity index (χ3v) is 5.85. The second-order valence-corrected chi connectivity index (χ2v) is 7.68. The molecule has 0 aliphatic carbocycles. The van der Waals surface area contributed by atoms with Crippen molar-refractivity contribution in [1.29, 1.82) is 0 Å². The number of nitrogens with zero attached hydrogens (tertiary/aromatic N) is 3. The lowest BCUT2D eigenvalue weighted by atomic mass is 10.1. The summed E-state index contributed by atoms with van der Waals surface area (Å²) < 4.78 is 22.4. The van der Waals surface area contributed by atoms with Crippen molar-refractivity contribution in [1.82, 2.24) is 9.47 Å². The smallest absolute Gasteiger partial charge is 0.345 e. The van der Waals surface area contributed by atoms with Crippen molar-refractivity contribution in [2.75, 3.05) is 38.1 Å². The van der Waals surface area contributed by atoms with E-state index in [9.17, 15) is 14.7 Å². The molecule has 154 valence electrons. The maximum atomic E-state index is 15.1. The lowest BCUT2D eigenvalue weighted by Crippen LogP contribution is -2.44. The molecule has 3 aromatic rings. The van der Waals surface area contributed by atoms with Gasteiger partial charge in [-0.05, 0) is 25.2 Å². The van der Waals surface area contributed by atoms with E-state index in [1.54, 1.807) is 10.6 Å². The van der Waals surface area contributed by atoms with E-state index in [1.807, 2.05) is 36.2 Å². The van der Waals surface area contributed by atoms with Gasteiger partial charge in [0.15, 0.2) is 5.56 Å². The Morgan fingerprint density at radius 3 is 2.57 bits per heavy atom. The first-order valence-electron chi connectivity index (χ1n) is 9.76. The van der Waals surface area contributed by atoms with Crippen LogP contribution in [-0.2, 0) is 6.61 Å². The number of hydrogen-bond donors (Lipinski definition) is 1. The number of likely N-dealkylation sites (N-methyl/N-ethyl adjacent to an activating group) is 1. The number of carboxylic acid groups (broad SMARTS) is 1. The molecule has 5 rings (SSSR count). The fraction of sp³-hybridized carbons (Fsp3) is 0.273. The summed E-state index contributed by atoms with van der Waals surface area (Å²) in [6.45, 7) is 3.10. The molecule has 1 aromatic heterocycles. The van der Waals surface area contributed by atoms with E-state index in [4.69, 9.17) is 4.74 Å². The highest BCUT2D eigenvalue weighted by Gasteiger charge is 2.29. The molecule has 2 aliphatic heterocycles. The van der Waals surface area contributed by atoms with Gasteiger partial charge >= 0.3 is 5.97 Å². The first kappa shape index (κ1) is 18.6. The third kappa shape index (κ3) is 2.75. The maximum Gasteiger partial charge on any atom is 0.345 e. The largest absolute Gasteiger partial charge is 0.477 e. The van der Waals surface area contributed by atoms with Crippen LogP contribution in [0.4, 0.5) is 10.1 Å². The van der Waals surface area contributed by atoms with Gasteiger partial charge in [-0.25, -0.2) is 9.18 Å². The zero-order valence-corrected chi connectivity index (χ0v) is 16.4. The summed E-state index contributed by atoms with van der Waals surface area (Å²) in [4.78, 5) is 29.0.